The third-order valence-corrected chi connectivity index (χ3v) is 3.62. The molecular weight excluding hydrogens is 386 g/mol. The van der Waals surface area contributed by atoms with Gasteiger partial charge in [-0.1, -0.05) is 6.08 Å². The monoisotopic (exact) mass is 401 g/mol. The predicted molar refractivity (Wildman–Crippen MR) is 89.6 cm³/mol. The van der Waals surface area contributed by atoms with Crippen LogP contribution in [0.1, 0.15) is 5.56 Å². The van der Waals surface area contributed by atoms with Crippen molar-refractivity contribution >= 4 is 17.6 Å². The lowest BCUT2D eigenvalue weighted by Crippen LogP contribution is -2.27. The van der Waals surface area contributed by atoms with Crippen LogP contribution in [-0.4, -0.2) is 32.5 Å². The molecule has 1 aliphatic rings. The molecule has 0 bridgehead atoms. The fourth-order valence-corrected chi connectivity index (χ4v) is 2.46. The Hall–Kier alpha value is -3.30. The predicted octanol–water partition coefficient (Wildman–Crippen LogP) is 3.52. The van der Waals surface area contributed by atoms with E-state index < -0.39 is 29.9 Å². The summed E-state index contributed by atoms with van der Waals surface area (Å²) in [5.41, 5.74) is -0.354. The molecule has 2 rings (SSSR count). The molecule has 0 saturated heterocycles. The summed E-state index contributed by atoms with van der Waals surface area (Å²) in [4.78, 5) is 25.5. The SMILES string of the molecule is COC(=O)C1=C(C(=O)OC)N(c2cc(F)c(OC(F)(F)F)cc2C)C=CC=C1. The highest BCUT2D eigenvalue weighted by atomic mass is 19.4. The van der Waals surface area contributed by atoms with E-state index in [1.165, 1.54) is 31.4 Å². The van der Waals surface area contributed by atoms with Gasteiger partial charge in [0.2, 0.25) is 0 Å². The number of halogens is 4. The number of hydrogen-bond acceptors (Lipinski definition) is 6. The van der Waals surface area contributed by atoms with Crippen LogP contribution < -0.4 is 9.64 Å². The first-order valence-electron chi connectivity index (χ1n) is 7.70. The standard InChI is InChI=1S/C18H15F4NO5/c1-10-8-14(28-18(20,21)22)12(19)9-13(10)23-7-5-4-6-11(16(24)26-2)15(23)17(25)27-3/h4-9H,1-3H3. The van der Waals surface area contributed by atoms with Gasteiger partial charge in [-0.25, -0.2) is 14.0 Å². The van der Waals surface area contributed by atoms with Gasteiger partial charge in [-0.3, -0.25) is 0 Å². The van der Waals surface area contributed by atoms with Crippen LogP contribution in [0.15, 0.2) is 47.8 Å². The number of carbonyl (C=O) groups excluding carboxylic acids is 2. The first-order valence-corrected chi connectivity index (χ1v) is 7.70. The maximum absolute atomic E-state index is 14.2. The average molecular weight is 401 g/mol. The second kappa shape index (κ2) is 8.15. The maximum Gasteiger partial charge on any atom is 0.573 e. The summed E-state index contributed by atoms with van der Waals surface area (Å²) in [6, 6.07) is 1.58. The van der Waals surface area contributed by atoms with Crippen molar-refractivity contribution in [1.82, 2.24) is 0 Å². The lowest BCUT2D eigenvalue weighted by molar-refractivity contribution is -0.275. The highest BCUT2D eigenvalue weighted by Gasteiger charge is 2.34. The van der Waals surface area contributed by atoms with Crippen molar-refractivity contribution in [3.63, 3.8) is 0 Å². The van der Waals surface area contributed by atoms with E-state index in [4.69, 9.17) is 4.74 Å². The molecule has 0 unspecified atom stereocenters. The van der Waals surface area contributed by atoms with Crippen molar-refractivity contribution in [3.05, 3.63) is 59.2 Å². The molecule has 150 valence electrons. The zero-order valence-corrected chi connectivity index (χ0v) is 15.0. The van der Waals surface area contributed by atoms with Gasteiger partial charge >= 0.3 is 18.3 Å². The quantitative estimate of drug-likeness (QED) is 0.568. The Morgan fingerprint density at radius 3 is 2.25 bits per heavy atom. The van der Waals surface area contributed by atoms with Gasteiger partial charge in [0, 0.05) is 12.3 Å². The molecule has 0 radical (unpaired) electrons. The molecule has 0 aromatic heterocycles. The van der Waals surface area contributed by atoms with Crippen LogP contribution in [0, 0.1) is 12.7 Å². The van der Waals surface area contributed by atoms with E-state index >= 15 is 0 Å². The van der Waals surface area contributed by atoms with Gasteiger partial charge < -0.3 is 19.1 Å². The van der Waals surface area contributed by atoms with Gasteiger partial charge in [-0.2, -0.15) is 0 Å². The molecule has 10 heteroatoms. The summed E-state index contributed by atoms with van der Waals surface area (Å²) in [7, 11) is 2.18. The lowest BCUT2D eigenvalue weighted by atomic mass is 10.1. The fourth-order valence-electron chi connectivity index (χ4n) is 2.46. The van der Waals surface area contributed by atoms with E-state index in [9.17, 15) is 27.2 Å². The molecule has 1 aromatic carbocycles. The first kappa shape index (κ1) is 21.0. The van der Waals surface area contributed by atoms with E-state index in [0.29, 0.717) is 0 Å². The lowest BCUT2D eigenvalue weighted by Gasteiger charge is -2.25. The minimum absolute atomic E-state index is 0.00576. The van der Waals surface area contributed by atoms with Crippen molar-refractivity contribution in [1.29, 1.82) is 0 Å². The maximum atomic E-state index is 14.2. The number of anilines is 1. The Balaban J connectivity index is 2.65. The van der Waals surface area contributed by atoms with Crippen molar-refractivity contribution in [2.75, 3.05) is 19.1 Å². The Kier molecular flexibility index (Phi) is 6.12. The van der Waals surface area contributed by atoms with Crippen molar-refractivity contribution in [2.45, 2.75) is 13.3 Å². The van der Waals surface area contributed by atoms with Crippen LogP contribution in [0.25, 0.3) is 0 Å². The van der Waals surface area contributed by atoms with E-state index in [2.05, 4.69) is 9.47 Å². The fraction of sp³-hybridized carbons (Fsp3) is 0.222. The number of aryl methyl sites for hydroxylation is 1. The van der Waals surface area contributed by atoms with Crippen LogP contribution in [-0.2, 0) is 19.1 Å². The molecule has 0 spiro atoms. The molecule has 28 heavy (non-hydrogen) atoms. The van der Waals surface area contributed by atoms with Crippen molar-refractivity contribution in [3.8, 4) is 5.75 Å². The molecule has 1 heterocycles. The number of ether oxygens (including phenoxy) is 3. The zero-order valence-electron chi connectivity index (χ0n) is 15.0. The number of hydrogen-bond donors (Lipinski definition) is 0. The molecular formula is C18H15F4NO5. The molecule has 0 aliphatic carbocycles. The second-order valence-corrected chi connectivity index (χ2v) is 5.43. The van der Waals surface area contributed by atoms with E-state index in [0.717, 1.165) is 31.3 Å². The van der Waals surface area contributed by atoms with Crippen LogP contribution in [0.4, 0.5) is 23.2 Å². The Morgan fingerprint density at radius 2 is 1.68 bits per heavy atom. The van der Waals surface area contributed by atoms with Gasteiger partial charge in [0.25, 0.3) is 0 Å². The smallest absolute Gasteiger partial charge is 0.465 e. The number of alkyl halides is 3. The van der Waals surface area contributed by atoms with Gasteiger partial charge in [0.1, 0.15) is 5.70 Å². The van der Waals surface area contributed by atoms with Crippen LogP contribution in [0.5, 0.6) is 5.75 Å². The summed E-state index contributed by atoms with van der Waals surface area (Å²) in [6.07, 6.45) is 0.418. The van der Waals surface area contributed by atoms with E-state index in [1.807, 2.05) is 0 Å². The van der Waals surface area contributed by atoms with Crippen molar-refractivity contribution < 1.29 is 41.4 Å². The third kappa shape index (κ3) is 4.51. The van der Waals surface area contributed by atoms with Crippen molar-refractivity contribution in [2.24, 2.45) is 0 Å². The minimum Gasteiger partial charge on any atom is -0.465 e. The summed E-state index contributed by atoms with van der Waals surface area (Å²) in [6.45, 7) is 1.39. The van der Waals surface area contributed by atoms with Gasteiger partial charge in [0.05, 0.1) is 25.5 Å². The van der Waals surface area contributed by atoms with Crippen LogP contribution >= 0.6 is 0 Å². The van der Waals surface area contributed by atoms with E-state index in [-0.39, 0.29) is 22.5 Å². The van der Waals surface area contributed by atoms with E-state index in [1.54, 1.807) is 0 Å². The minimum atomic E-state index is -5.07. The Labute approximate surface area is 157 Å². The summed E-state index contributed by atoms with van der Waals surface area (Å²) in [5, 5.41) is 0. The number of allylic oxidation sites excluding steroid dienone is 2. The number of carbonyl (C=O) groups is 2. The summed E-state index contributed by atoms with van der Waals surface area (Å²) in [5.74, 6) is -4.14. The van der Waals surface area contributed by atoms with Crippen LogP contribution in [0.3, 0.4) is 0 Å². The number of nitrogens with zero attached hydrogens (tertiary/aromatic N) is 1. The van der Waals surface area contributed by atoms with Gasteiger partial charge in [-0.05, 0) is 30.7 Å². The molecule has 0 saturated carbocycles. The molecule has 1 aromatic rings. The van der Waals surface area contributed by atoms with Gasteiger partial charge in [0.15, 0.2) is 11.6 Å². The van der Waals surface area contributed by atoms with Gasteiger partial charge in [-0.15, -0.1) is 13.2 Å². The number of benzene rings is 1. The largest absolute Gasteiger partial charge is 0.573 e. The highest BCUT2D eigenvalue weighted by Crippen LogP contribution is 2.35. The topological polar surface area (TPSA) is 65.1 Å². The normalized spacial score (nSPS) is 14.0. The zero-order chi connectivity index (χ0) is 21.1. The molecule has 6 nitrogen and oxygen atoms in total. The third-order valence-electron chi connectivity index (χ3n) is 3.62. The number of esters is 2. The summed E-state index contributed by atoms with van der Waals surface area (Å²) >= 11 is 0. The Bertz CT molecular complexity index is 887. The first-order chi connectivity index (χ1) is 13.1. The number of methoxy groups -OCH3 is 2. The van der Waals surface area contributed by atoms with Crippen LogP contribution in [0.2, 0.25) is 0 Å². The molecule has 1 aliphatic heterocycles. The molecule has 0 amide bonds. The second-order valence-electron chi connectivity index (χ2n) is 5.43. The molecule has 0 atom stereocenters. The summed E-state index contributed by atoms with van der Waals surface area (Å²) < 4.78 is 64.5. The Morgan fingerprint density at radius 1 is 1.04 bits per heavy atom. The molecule has 0 fully saturated rings. The molecule has 0 N–H and O–H groups in total. The highest BCUT2D eigenvalue weighted by molar-refractivity contribution is 6.05. The number of rotatable bonds is 4. The average Bonchev–Trinajstić information content (AvgIpc) is 2.84.